The summed E-state index contributed by atoms with van der Waals surface area (Å²) in [5.74, 6) is 1.36. The van der Waals surface area contributed by atoms with Gasteiger partial charge in [0.1, 0.15) is 0 Å². The second-order valence-corrected chi connectivity index (χ2v) is 4.80. The van der Waals surface area contributed by atoms with Crippen molar-refractivity contribution in [2.45, 2.75) is 39.2 Å². The van der Waals surface area contributed by atoms with E-state index in [9.17, 15) is 0 Å². The molecule has 1 N–H and O–H groups in total. The Morgan fingerprint density at radius 3 is 2.73 bits per heavy atom. The molecule has 3 heteroatoms. The fraction of sp³-hybridized carbons (Fsp3) is 0.750. The lowest BCUT2D eigenvalue weighted by Gasteiger charge is -2.31. The molecular weight excluding hydrogens is 186 g/mol. The molecule has 0 radical (unpaired) electrons. The number of hydrogen-bond donors (Lipinski definition) is 1. The molecule has 0 amide bonds. The van der Waals surface area contributed by atoms with Gasteiger partial charge in [-0.2, -0.15) is 0 Å². The maximum Gasteiger partial charge on any atom is 0.0950 e. The molecule has 0 spiro atoms. The topological polar surface area (TPSA) is 29.9 Å². The zero-order chi connectivity index (χ0) is 10.8. The Bertz CT molecular complexity index is 312. The number of rotatable bonds is 4. The fourth-order valence-electron chi connectivity index (χ4n) is 2.40. The van der Waals surface area contributed by atoms with Gasteiger partial charge in [-0.15, -0.1) is 0 Å². The number of aromatic nitrogens is 2. The van der Waals surface area contributed by atoms with E-state index in [1.807, 2.05) is 12.5 Å². The van der Waals surface area contributed by atoms with Crippen molar-refractivity contribution in [1.82, 2.24) is 14.9 Å². The summed E-state index contributed by atoms with van der Waals surface area (Å²) < 4.78 is 2.39. The van der Waals surface area contributed by atoms with Crippen molar-refractivity contribution in [2.75, 3.05) is 13.1 Å². The van der Waals surface area contributed by atoms with Crippen molar-refractivity contribution in [3.8, 4) is 0 Å². The van der Waals surface area contributed by atoms with Crippen molar-refractivity contribution in [3.63, 3.8) is 0 Å². The maximum atomic E-state index is 4.31. The second-order valence-electron chi connectivity index (χ2n) is 4.80. The summed E-state index contributed by atoms with van der Waals surface area (Å²) in [4.78, 5) is 4.31. The average molecular weight is 207 g/mol. The van der Waals surface area contributed by atoms with Crippen molar-refractivity contribution in [2.24, 2.45) is 5.92 Å². The zero-order valence-electron chi connectivity index (χ0n) is 9.90. The summed E-state index contributed by atoms with van der Waals surface area (Å²) in [6.07, 6.45) is 5.22. The largest absolute Gasteiger partial charge is 0.331 e. The van der Waals surface area contributed by atoms with Crippen molar-refractivity contribution < 1.29 is 0 Å². The Morgan fingerprint density at radius 2 is 2.27 bits per heavy atom. The van der Waals surface area contributed by atoms with Gasteiger partial charge in [0.25, 0.3) is 0 Å². The van der Waals surface area contributed by atoms with Gasteiger partial charge in [0.2, 0.25) is 0 Å². The third kappa shape index (κ3) is 1.93. The quantitative estimate of drug-likeness (QED) is 0.820. The molecule has 84 valence electrons. The predicted molar refractivity (Wildman–Crippen MR) is 62.0 cm³/mol. The van der Waals surface area contributed by atoms with Crippen molar-refractivity contribution in [1.29, 1.82) is 0 Å². The van der Waals surface area contributed by atoms with Gasteiger partial charge < -0.3 is 9.88 Å². The molecule has 1 aliphatic heterocycles. The second kappa shape index (κ2) is 4.35. The minimum Gasteiger partial charge on any atom is -0.331 e. The van der Waals surface area contributed by atoms with Gasteiger partial charge in [0, 0.05) is 36.9 Å². The van der Waals surface area contributed by atoms with E-state index in [1.54, 1.807) is 0 Å². The molecule has 0 aromatic carbocycles. The van der Waals surface area contributed by atoms with E-state index in [1.165, 1.54) is 12.1 Å². The Labute approximate surface area is 91.9 Å². The summed E-state index contributed by atoms with van der Waals surface area (Å²) in [6, 6.07) is 0.600. The van der Waals surface area contributed by atoms with Crippen molar-refractivity contribution in [3.05, 3.63) is 18.2 Å². The molecule has 1 aromatic heterocycles. The number of nitrogens with zero attached hydrogens (tertiary/aromatic N) is 2. The highest BCUT2D eigenvalue weighted by molar-refractivity contribution is 5.12. The Kier molecular flexibility index (Phi) is 3.10. The van der Waals surface area contributed by atoms with Crippen LogP contribution in [0.4, 0.5) is 0 Å². The van der Waals surface area contributed by atoms with E-state index in [-0.39, 0.29) is 0 Å². The van der Waals surface area contributed by atoms with Crippen LogP contribution in [0.15, 0.2) is 12.5 Å². The third-order valence-electron chi connectivity index (χ3n) is 3.44. The minimum atomic E-state index is 0.600. The van der Waals surface area contributed by atoms with Crippen LogP contribution in [0.3, 0.4) is 0 Å². The molecular formula is C12H21N3. The SMILES string of the molecule is CCC(C(C)C)n1cncc1C1CNC1. The molecule has 1 aromatic rings. The Hall–Kier alpha value is -0.830. The van der Waals surface area contributed by atoms with Crippen molar-refractivity contribution >= 4 is 0 Å². The summed E-state index contributed by atoms with van der Waals surface area (Å²) in [5.41, 5.74) is 1.41. The van der Waals surface area contributed by atoms with Crippen LogP contribution in [0.2, 0.25) is 0 Å². The summed E-state index contributed by atoms with van der Waals surface area (Å²) in [7, 11) is 0. The number of nitrogens with one attached hydrogen (secondary N) is 1. The van der Waals surface area contributed by atoms with Crippen LogP contribution in [0.25, 0.3) is 0 Å². The van der Waals surface area contributed by atoms with Gasteiger partial charge in [-0.1, -0.05) is 20.8 Å². The van der Waals surface area contributed by atoms with Gasteiger partial charge in [0.05, 0.1) is 6.33 Å². The van der Waals surface area contributed by atoms with Crippen LogP contribution in [0.1, 0.15) is 44.8 Å². The standard InChI is InChI=1S/C12H21N3/c1-4-11(9(2)3)15-8-14-7-12(15)10-5-13-6-10/h7-11,13H,4-6H2,1-3H3. The molecule has 1 aliphatic rings. The predicted octanol–water partition coefficient (Wildman–Crippen LogP) is 2.18. The first-order chi connectivity index (χ1) is 7.24. The molecule has 0 aliphatic carbocycles. The molecule has 1 saturated heterocycles. The lowest BCUT2D eigenvalue weighted by atomic mass is 9.96. The zero-order valence-corrected chi connectivity index (χ0v) is 9.90. The first-order valence-electron chi connectivity index (χ1n) is 5.96. The van der Waals surface area contributed by atoms with E-state index in [2.05, 4.69) is 35.6 Å². The molecule has 2 rings (SSSR count). The Morgan fingerprint density at radius 1 is 1.53 bits per heavy atom. The highest BCUT2D eigenvalue weighted by Gasteiger charge is 2.25. The first-order valence-corrected chi connectivity index (χ1v) is 5.96. The monoisotopic (exact) mass is 207 g/mol. The minimum absolute atomic E-state index is 0.600. The smallest absolute Gasteiger partial charge is 0.0950 e. The third-order valence-corrected chi connectivity index (χ3v) is 3.44. The van der Waals surface area contributed by atoms with Gasteiger partial charge in [-0.25, -0.2) is 4.98 Å². The molecule has 0 bridgehead atoms. The van der Waals surface area contributed by atoms with Crippen LogP contribution in [0.5, 0.6) is 0 Å². The van der Waals surface area contributed by atoms with Crippen LogP contribution < -0.4 is 5.32 Å². The highest BCUT2D eigenvalue weighted by atomic mass is 15.1. The molecule has 2 heterocycles. The number of hydrogen-bond acceptors (Lipinski definition) is 2. The molecule has 15 heavy (non-hydrogen) atoms. The van der Waals surface area contributed by atoms with Crippen LogP contribution in [0, 0.1) is 5.92 Å². The summed E-state index contributed by atoms with van der Waals surface area (Å²) >= 11 is 0. The van der Waals surface area contributed by atoms with E-state index >= 15 is 0 Å². The van der Waals surface area contributed by atoms with E-state index in [0.717, 1.165) is 13.1 Å². The summed E-state index contributed by atoms with van der Waals surface area (Å²) in [6.45, 7) is 9.06. The molecule has 1 fully saturated rings. The lowest BCUT2D eigenvalue weighted by Crippen LogP contribution is -2.41. The van der Waals surface area contributed by atoms with Crippen LogP contribution in [-0.2, 0) is 0 Å². The van der Waals surface area contributed by atoms with E-state index in [0.29, 0.717) is 17.9 Å². The first kappa shape index (κ1) is 10.7. The normalized spacial score (nSPS) is 19.2. The Balaban J connectivity index is 2.22. The number of imidazole rings is 1. The van der Waals surface area contributed by atoms with Gasteiger partial charge >= 0.3 is 0 Å². The van der Waals surface area contributed by atoms with Crippen LogP contribution in [-0.4, -0.2) is 22.6 Å². The lowest BCUT2D eigenvalue weighted by molar-refractivity contribution is 0.334. The molecule has 0 saturated carbocycles. The molecule has 3 nitrogen and oxygen atoms in total. The van der Waals surface area contributed by atoms with Gasteiger partial charge in [-0.3, -0.25) is 0 Å². The summed E-state index contributed by atoms with van der Waals surface area (Å²) in [5, 5.41) is 3.32. The van der Waals surface area contributed by atoms with E-state index in [4.69, 9.17) is 0 Å². The molecule has 1 atom stereocenters. The highest BCUT2D eigenvalue weighted by Crippen LogP contribution is 2.28. The molecule has 1 unspecified atom stereocenters. The van der Waals surface area contributed by atoms with Gasteiger partial charge in [-0.05, 0) is 12.3 Å². The van der Waals surface area contributed by atoms with Crippen LogP contribution >= 0.6 is 0 Å². The fourth-order valence-corrected chi connectivity index (χ4v) is 2.40. The maximum absolute atomic E-state index is 4.31. The average Bonchev–Trinajstić information content (AvgIpc) is 2.51. The van der Waals surface area contributed by atoms with E-state index < -0.39 is 0 Å². The van der Waals surface area contributed by atoms with Gasteiger partial charge in [0.15, 0.2) is 0 Å².